The Morgan fingerprint density at radius 2 is 1.93 bits per heavy atom. The van der Waals surface area contributed by atoms with Gasteiger partial charge in [-0.3, -0.25) is 9.59 Å². The van der Waals surface area contributed by atoms with Gasteiger partial charge in [0.15, 0.2) is 0 Å². The third kappa shape index (κ3) is 4.99. The number of nitrogens with zero attached hydrogens (tertiary/aromatic N) is 3. The van der Waals surface area contributed by atoms with E-state index < -0.39 is 0 Å². The van der Waals surface area contributed by atoms with Crippen LogP contribution in [-0.4, -0.2) is 39.9 Å². The Hall–Kier alpha value is -2.45. The molecule has 2 amide bonds. The van der Waals surface area contributed by atoms with Crippen LogP contribution in [0.1, 0.15) is 22.0 Å². The summed E-state index contributed by atoms with van der Waals surface area (Å²) in [6, 6.07) is 7.70. The van der Waals surface area contributed by atoms with Crippen LogP contribution < -0.4 is 5.32 Å². The van der Waals surface area contributed by atoms with Gasteiger partial charge in [0.1, 0.15) is 6.54 Å². The van der Waals surface area contributed by atoms with Gasteiger partial charge < -0.3 is 14.8 Å². The first-order valence-corrected chi connectivity index (χ1v) is 11.2. The monoisotopic (exact) mass is 488 g/mol. The van der Waals surface area contributed by atoms with Crippen molar-refractivity contribution in [2.24, 2.45) is 0 Å². The number of halogens is 1. The molecule has 0 fully saturated rings. The van der Waals surface area contributed by atoms with E-state index in [2.05, 4.69) is 32.3 Å². The first-order chi connectivity index (χ1) is 14.2. The van der Waals surface area contributed by atoms with E-state index in [1.54, 1.807) is 18.4 Å². The van der Waals surface area contributed by atoms with Crippen LogP contribution in [0.15, 0.2) is 34.1 Å². The lowest BCUT2D eigenvalue weighted by atomic mass is 10.2. The van der Waals surface area contributed by atoms with Crippen LogP contribution in [0.25, 0.3) is 11.3 Å². The van der Waals surface area contributed by atoms with Crippen molar-refractivity contribution in [2.45, 2.75) is 34.2 Å². The smallest absolute Gasteiger partial charge is 0.243 e. The van der Waals surface area contributed by atoms with Crippen LogP contribution in [0.4, 0.5) is 5.69 Å². The molecule has 2 heterocycles. The number of aryl methyl sites for hydroxylation is 3. The number of amides is 2. The van der Waals surface area contributed by atoms with Gasteiger partial charge in [0.05, 0.1) is 17.2 Å². The number of carbonyl (C=O) groups excluding carboxylic acids is 2. The van der Waals surface area contributed by atoms with Crippen molar-refractivity contribution >= 4 is 44.8 Å². The van der Waals surface area contributed by atoms with Crippen molar-refractivity contribution in [3.8, 4) is 11.3 Å². The summed E-state index contributed by atoms with van der Waals surface area (Å²) in [7, 11) is 1.65. The highest BCUT2D eigenvalue weighted by Crippen LogP contribution is 2.28. The van der Waals surface area contributed by atoms with Gasteiger partial charge in [0.25, 0.3) is 0 Å². The molecule has 0 spiro atoms. The van der Waals surface area contributed by atoms with E-state index in [4.69, 9.17) is 0 Å². The molecule has 1 N–H and O–H groups in total. The van der Waals surface area contributed by atoms with E-state index >= 15 is 0 Å². The summed E-state index contributed by atoms with van der Waals surface area (Å²) >= 11 is 5.02. The first kappa shape index (κ1) is 22.2. The van der Waals surface area contributed by atoms with E-state index in [1.165, 1.54) is 4.90 Å². The summed E-state index contributed by atoms with van der Waals surface area (Å²) in [6.45, 7) is 8.05. The summed E-state index contributed by atoms with van der Waals surface area (Å²) in [5.41, 5.74) is 5.65. The first-order valence-electron chi connectivity index (χ1n) is 9.55. The number of aromatic nitrogens is 2. The topological polar surface area (TPSA) is 67.2 Å². The standard InChI is InChI=1S/C22H25BrN4O2S/c1-13-8-17(23)6-7-19(13)25-21(28)10-26(5)22(29)11-27-14(2)9-18(15(27)3)20-12-30-16(4)24-20/h6-9,12H,10-11H2,1-5H3,(H,25,28). The lowest BCUT2D eigenvalue weighted by Crippen LogP contribution is -2.37. The lowest BCUT2D eigenvalue weighted by Gasteiger charge is -2.19. The minimum Gasteiger partial charge on any atom is -0.339 e. The van der Waals surface area contributed by atoms with Gasteiger partial charge in [-0.25, -0.2) is 4.98 Å². The highest BCUT2D eigenvalue weighted by atomic mass is 79.9. The van der Waals surface area contributed by atoms with E-state index in [0.29, 0.717) is 0 Å². The molecule has 2 aromatic heterocycles. The second kappa shape index (κ2) is 9.14. The minimum atomic E-state index is -0.226. The van der Waals surface area contributed by atoms with Crippen LogP contribution in [0, 0.1) is 27.7 Å². The predicted molar refractivity (Wildman–Crippen MR) is 125 cm³/mol. The molecule has 0 bridgehead atoms. The van der Waals surface area contributed by atoms with Gasteiger partial charge in [0.2, 0.25) is 11.8 Å². The van der Waals surface area contributed by atoms with Crippen LogP contribution in [0.5, 0.6) is 0 Å². The molecule has 0 saturated carbocycles. The number of carbonyl (C=O) groups is 2. The van der Waals surface area contributed by atoms with Crippen molar-refractivity contribution in [3.63, 3.8) is 0 Å². The number of thiazole rings is 1. The minimum absolute atomic E-state index is 0.00810. The Labute approximate surface area is 189 Å². The van der Waals surface area contributed by atoms with Crippen LogP contribution in [0.3, 0.4) is 0 Å². The number of benzene rings is 1. The Morgan fingerprint density at radius 1 is 1.20 bits per heavy atom. The number of rotatable bonds is 6. The highest BCUT2D eigenvalue weighted by Gasteiger charge is 2.18. The Kier molecular flexibility index (Phi) is 6.77. The largest absolute Gasteiger partial charge is 0.339 e. The predicted octanol–water partition coefficient (Wildman–Crippen LogP) is 4.70. The van der Waals surface area contributed by atoms with Crippen molar-refractivity contribution in [3.05, 3.63) is 56.1 Å². The zero-order valence-electron chi connectivity index (χ0n) is 17.7. The summed E-state index contributed by atoms with van der Waals surface area (Å²) in [6.07, 6.45) is 0. The molecule has 3 rings (SSSR count). The van der Waals surface area contributed by atoms with Gasteiger partial charge in [0, 0.05) is 39.5 Å². The Bertz CT molecular complexity index is 1100. The molecule has 1 aromatic carbocycles. The molecule has 158 valence electrons. The molecule has 0 atom stereocenters. The Balaban J connectivity index is 1.65. The van der Waals surface area contributed by atoms with E-state index in [-0.39, 0.29) is 24.9 Å². The van der Waals surface area contributed by atoms with Gasteiger partial charge in [-0.1, -0.05) is 15.9 Å². The third-order valence-electron chi connectivity index (χ3n) is 5.03. The van der Waals surface area contributed by atoms with Crippen LogP contribution >= 0.6 is 27.3 Å². The molecule has 0 radical (unpaired) electrons. The average Bonchev–Trinajstić information content (AvgIpc) is 3.22. The number of nitrogens with one attached hydrogen (secondary N) is 1. The van der Waals surface area contributed by atoms with E-state index in [1.807, 2.05) is 55.8 Å². The number of hydrogen-bond donors (Lipinski definition) is 1. The number of hydrogen-bond acceptors (Lipinski definition) is 4. The maximum Gasteiger partial charge on any atom is 0.243 e. The van der Waals surface area contributed by atoms with Gasteiger partial charge in [-0.15, -0.1) is 11.3 Å². The normalized spacial score (nSPS) is 10.9. The lowest BCUT2D eigenvalue weighted by molar-refractivity contribution is -0.133. The van der Waals surface area contributed by atoms with Crippen LogP contribution in [0.2, 0.25) is 0 Å². The van der Waals surface area contributed by atoms with Crippen molar-refractivity contribution in [1.82, 2.24) is 14.5 Å². The molecule has 0 aliphatic rings. The van der Waals surface area contributed by atoms with Crippen molar-refractivity contribution in [2.75, 3.05) is 18.9 Å². The zero-order valence-corrected chi connectivity index (χ0v) is 20.1. The summed E-state index contributed by atoms with van der Waals surface area (Å²) in [4.78, 5) is 31.2. The van der Waals surface area contributed by atoms with Crippen molar-refractivity contribution < 1.29 is 9.59 Å². The summed E-state index contributed by atoms with van der Waals surface area (Å²) in [5.74, 6) is -0.351. The van der Waals surface area contributed by atoms with E-state index in [0.717, 1.165) is 43.4 Å². The molecule has 0 saturated heterocycles. The molecular formula is C22H25BrN4O2S. The third-order valence-corrected chi connectivity index (χ3v) is 6.30. The van der Waals surface area contributed by atoms with Crippen molar-refractivity contribution in [1.29, 1.82) is 0 Å². The molecule has 8 heteroatoms. The molecule has 0 aliphatic carbocycles. The van der Waals surface area contributed by atoms with Gasteiger partial charge >= 0.3 is 0 Å². The quantitative estimate of drug-likeness (QED) is 0.546. The summed E-state index contributed by atoms with van der Waals surface area (Å²) < 4.78 is 2.93. The number of anilines is 1. The highest BCUT2D eigenvalue weighted by molar-refractivity contribution is 9.10. The second-order valence-electron chi connectivity index (χ2n) is 7.38. The van der Waals surface area contributed by atoms with Gasteiger partial charge in [-0.2, -0.15) is 0 Å². The average molecular weight is 489 g/mol. The maximum atomic E-state index is 12.8. The van der Waals surface area contributed by atoms with E-state index in [9.17, 15) is 9.59 Å². The molecule has 0 unspecified atom stereocenters. The molecule has 0 aliphatic heterocycles. The zero-order chi connectivity index (χ0) is 22.0. The fourth-order valence-electron chi connectivity index (χ4n) is 3.31. The molecule has 6 nitrogen and oxygen atoms in total. The maximum absolute atomic E-state index is 12.8. The molecular weight excluding hydrogens is 464 g/mol. The van der Waals surface area contributed by atoms with Gasteiger partial charge in [-0.05, 0) is 57.5 Å². The summed E-state index contributed by atoms with van der Waals surface area (Å²) in [5, 5.41) is 5.91. The molecule has 3 aromatic rings. The molecule has 30 heavy (non-hydrogen) atoms. The fraction of sp³-hybridized carbons (Fsp3) is 0.318. The van der Waals surface area contributed by atoms with Crippen LogP contribution in [-0.2, 0) is 16.1 Å². The SMILES string of the molecule is Cc1nc(-c2cc(C)n(CC(=O)N(C)CC(=O)Nc3ccc(Br)cc3C)c2C)cs1. The Morgan fingerprint density at radius 3 is 2.57 bits per heavy atom. The fourth-order valence-corrected chi connectivity index (χ4v) is 4.40. The second-order valence-corrected chi connectivity index (χ2v) is 9.36. The number of likely N-dealkylation sites (N-methyl/N-ethyl adjacent to an activating group) is 1.